The Morgan fingerprint density at radius 3 is 2.46 bits per heavy atom. The maximum absolute atomic E-state index is 13.3. The van der Waals surface area contributed by atoms with Gasteiger partial charge in [0.25, 0.3) is 0 Å². The van der Waals surface area contributed by atoms with Gasteiger partial charge in [-0.15, -0.1) is 11.8 Å². The summed E-state index contributed by atoms with van der Waals surface area (Å²) in [6.07, 6.45) is 4.36. The second-order valence-electron chi connectivity index (χ2n) is 7.50. The molecule has 1 aliphatic heterocycles. The van der Waals surface area contributed by atoms with E-state index in [4.69, 9.17) is 5.73 Å². The van der Waals surface area contributed by atoms with E-state index in [9.17, 15) is 14.0 Å². The predicted molar refractivity (Wildman–Crippen MR) is 110 cm³/mol. The van der Waals surface area contributed by atoms with Crippen molar-refractivity contribution < 1.29 is 14.0 Å². The van der Waals surface area contributed by atoms with Crippen molar-refractivity contribution in [3.63, 3.8) is 0 Å². The van der Waals surface area contributed by atoms with E-state index >= 15 is 0 Å². The van der Waals surface area contributed by atoms with Gasteiger partial charge in [-0.05, 0) is 66.6 Å². The van der Waals surface area contributed by atoms with Crippen LogP contribution in [0.5, 0.6) is 0 Å². The quantitative estimate of drug-likeness (QED) is 0.814. The van der Waals surface area contributed by atoms with E-state index in [1.165, 1.54) is 23.9 Å². The molecule has 2 N–H and O–H groups in total. The van der Waals surface area contributed by atoms with Crippen LogP contribution in [0.4, 0.5) is 10.1 Å². The summed E-state index contributed by atoms with van der Waals surface area (Å²) in [6.45, 7) is 1.98. The largest absolute Gasteiger partial charge is 0.366 e. The standard InChI is InChI=1S/C22H23FN2O2S/c1-13-18(11-10-17(21(24)27)20(13)14-4-2-3-5-14)25-19(26)12-28-22(25)15-6-8-16(23)9-7-15/h6-11,14,22H,2-5,12H2,1H3,(H2,24,27). The summed E-state index contributed by atoms with van der Waals surface area (Å²) in [5.74, 6) is -0.0229. The minimum absolute atomic E-state index is 0.0200. The molecule has 4 nitrogen and oxygen atoms in total. The van der Waals surface area contributed by atoms with Crippen molar-refractivity contribution in [3.8, 4) is 0 Å². The van der Waals surface area contributed by atoms with Crippen LogP contribution < -0.4 is 10.6 Å². The van der Waals surface area contributed by atoms with Crippen molar-refractivity contribution in [3.05, 3.63) is 64.5 Å². The summed E-state index contributed by atoms with van der Waals surface area (Å²) < 4.78 is 13.3. The first-order chi connectivity index (χ1) is 13.5. The van der Waals surface area contributed by atoms with Gasteiger partial charge in [-0.2, -0.15) is 0 Å². The molecule has 2 aromatic rings. The third-order valence-corrected chi connectivity index (χ3v) is 7.01. The van der Waals surface area contributed by atoms with Crippen molar-refractivity contribution >= 4 is 29.3 Å². The van der Waals surface area contributed by atoms with Crippen LogP contribution >= 0.6 is 11.8 Å². The minimum atomic E-state index is -0.422. The molecule has 2 aromatic carbocycles. The SMILES string of the molecule is Cc1c(N2C(=O)CSC2c2ccc(F)cc2)ccc(C(N)=O)c1C1CCCC1. The highest BCUT2D eigenvalue weighted by molar-refractivity contribution is 8.00. The number of hydrogen-bond acceptors (Lipinski definition) is 3. The molecule has 1 atom stereocenters. The van der Waals surface area contributed by atoms with Crippen molar-refractivity contribution in [1.29, 1.82) is 0 Å². The van der Waals surface area contributed by atoms with Crippen LogP contribution in [-0.2, 0) is 4.79 Å². The molecular weight excluding hydrogens is 375 g/mol. The molecular formula is C22H23FN2O2S. The second kappa shape index (κ2) is 7.59. The van der Waals surface area contributed by atoms with Gasteiger partial charge >= 0.3 is 0 Å². The minimum Gasteiger partial charge on any atom is -0.366 e. The fourth-order valence-electron chi connectivity index (χ4n) is 4.49. The van der Waals surface area contributed by atoms with Gasteiger partial charge in [0, 0.05) is 11.3 Å². The average Bonchev–Trinajstić information content (AvgIpc) is 3.32. The molecule has 2 aliphatic rings. The molecule has 2 fully saturated rings. The van der Waals surface area contributed by atoms with Crippen LogP contribution in [0.1, 0.15) is 64.0 Å². The highest BCUT2D eigenvalue weighted by Crippen LogP contribution is 2.46. The summed E-state index contributed by atoms with van der Waals surface area (Å²) in [4.78, 5) is 26.6. The third-order valence-electron chi connectivity index (χ3n) is 5.80. The predicted octanol–water partition coefficient (Wildman–Crippen LogP) is 4.67. The Morgan fingerprint density at radius 2 is 1.82 bits per heavy atom. The van der Waals surface area contributed by atoms with Crippen LogP contribution in [0.2, 0.25) is 0 Å². The summed E-state index contributed by atoms with van der Waals surface area (Å²) in [5.41, 5.74) is 9.86. The smallest absolute Gasteiger partial charge is 0.248 e. The van der Waals surface area contributed by atoms with E-state index in [1.54, 1.807) is 23.1 Å². The van der Waals surface area contributed by atoms with Crippen molar-refractivity contribution in [2.45, 2.75) is 43.9 Å². The van der Waals surface area contributed by atoms with Crippen LogP contribution in [0.3, 0.4) is 0 Å². The van der Waals surface area contributed by atoms with Gasteiger partial charge in [-0.1, -0.05) is 25.0 Å². The lowest BCUT2D eigenvalue weighted by atomic mass is 9.87. The third kappa shape index (κ3) is 3.30. The Morgan fingerprint density at radius 1 is 1.14 bits per heavy atom. The number of carbonyl (C=O) groups excluding carboxylic acids is 2. The number of nitrogens with two attached hydrogens (primary N) is 1. The van der Waals surface area contributed by atoms with E-state index < -0.39 is 5.91 Å². The molecule has 28 heavy (non-hydrogen) atoms. The maximum Gasteiger partial charge on any atom is 0.248 e. The van der Waals surface area contributed by atoms with Crippen LogP contribution in [0, 0.1) is 12.7 Å². The first-order valence-corrected chi connectivity index (χ1v) is 10.6. The molecule has 6 heteroatoms. The lowest BCUT2D eigenvalue weighted by molar-refractivity contribution is -0.115. The number of amides is 2. The molecule has 0 bridgehead atoms. The van der Waals surface area contributed by atoms with Crippen LogP contribution in [-0.4, -0.2) is 17.6 Å². The van der Waals surface area contributed by atoms with Crippen molar-refractivity contribution in [2.75, 3.05) is 10.7 Å². The Balaban J connectivity index is 1.80. The molecule has 0 spiro atoms. The second-order valence-corrected chi connectivity index (χ2v) is 8.56. The van der Waals surface area contributed by atoms with Gasteiger partial charge in [-0.3, -0.25) is 14.5 Å². The van der Waals surface area contributed by atoms with E-state index in [0.29, 0.717) is 17.2 Å². The average molecular weight is 399 g/mol. The number of hydrogen-bond donors (Lipinski definition) is 1. The molecule has 1 saturated carbocycles. The Bertz CT molecular complexity index is 923. The van der Waals surface area contributed by atoms with Gasteiger partial charge < -0.3 is 5.73 Å². The van der Waals surface area contributed by atoms with Crippen LogP contribution in [0.15, 0.2) is 36.4 Å². The van der Waals surface area contributed by atoms with Gasteiger partial charge in [0.15, 0.2) is 0 Å². The van der Waals surface area contributed by atoms with Crippen LogP contribution in [0.25, 0.3) is 0 Å². The molecule has 146 valence electrons. The maximum atomic E-state index is 13.3. The first kappa shape index (κ1) is 19.0. The lowest BCUT2D eigenvalue weighted by Gasteiger charge is -2.29. The van der Waals surface area contributed by atoms with Gasteiger partial charge in [0.05, 0.1) is 5.75 Å². The normalized spacial score (nSPS) is 20.1. The number of primary amides is 1. The topological polar surface area (TPSA) is 63.4 Å². The number of carbonyl (C=O) groups is 2. The summed E-state index contributed by atoms with van der Waals surface area (Å²) >= 11 is 1.53. The molecule has 1 aliphatic carbocycles. The van der Waals surface area contributed by atoms with E-state index in [-0.39, 0.29) is 17.1 Å². The number of benzene rings is 2. The molecule has 1 unspecified atom stereocenters. The van der Waals surface area contributed by atoms with E-state index in [1.807, 2.05) is 13.0 Å². The van der Waals surface area contributed by atoms with E-state index in [2.05, 4.69) is 0 Å². The van der Waals surface area contributed by atoms with Crippen molar-refractivity contribution in [1.82, 2.24) is 0 Å². The van der Waals surface area contributed by atoms with Gasteiger partial charge in [-0.25, -0.2) is 4.39 Å². The molecule has 1 heterocycles. The first-order valence-electron chi connectivity index (χ1n) is 9.60. The monoisotopic (exact) mass is 398 g/mol. The van der Waals surface area contributed by atoms with Gasteiger partial charge in [0.1, 0.15) is 11.2 Å². The number of anilines is 1. The number of halogens is 1. The highest BCUT2D eigenvalue weighted by atomic mass is 32.2. The Labute approximate surface area is 168 Å². The Hall–Kier alpha value is -2.34. The molecule has 2 amide bonds. The molecule has 0 radical (unpaired) electrons. The van der Waals surface area contributed by atoms with E-state index in [0.717, 1.165) is 48.1 Å². The lowest BCUT2D eigenvalue weighted by Crippen LogP contribution is -2.29. The molecule has 4 rings (SSSR count). The Kier molecular flexibility index (Phi) is 5.15. The number of nitrogens with zero attached hydrogens (tertiary/aromatic N) is 1. The molecule has 0 aromatic heterocycles. The number of thioether (sulfide) groups is 1. The zero-order valence-electron chi connectivity index (χ0n) is 15.8. The van der Waals surface area contributed by atoms with Crippen molar-refractivity contribution in [2.24, 2.45) is 5.73 Å². The van der Waals surface area contributed by atoms with Gasteiger partial charge in [0.2, 0.25) is 11.8 Å². The summed E-state index contributed by atoms with van der Waals surface area (Å²) in [6, 6.07) is 9.88. The summed E-state index contributed by atoms with van der Waals surface area (Å²) in [5, 5.41) is -0.206. The fraction of sp³-hybridized carbons (Fsp3) is 0.364. The number of rotatable bonds is 4. The zero-order chi connectivity index (χ0) is 19.8. The highest BCUT2D eigenvalue weighted by Gasteiger charge is 2.36. The molecule has 1 saturated heterocycles. The summed E-state index contributed by atoms with van der Waals surface area (Å²) in [7, 11) is 0. The zero-order valence-corrected chi connectivity index (χ0v) is 16.6. The fourth-order valence-corrected chi connectivity index (χ4v) is 5.66.